The number of para-hydroxylation sites is 1. The lowest BCUT2D eigenvalue weighted by atomic mass is 10.1. The van der Waals surface area contributed by atoms with Crippen LogP contribution in [0.2, 0.25) is 0 Å². The van der Waals surface area contributed by atoms with Gasteiger partial charge in [-0.3, -0.25) is 4.79 Å². The second-order valence-corrected chi connectivity index (χ2v) is 3.23. The fourth-order valence-corrected chi connectivity index (χ4v) is 1.28. The lowest BCUT2D eigenvalue weighted by Crippen LogP contribution is -2.10. The van der Waals surface area contributed by atoms with Gasteiger partial charge in [0.05, 0.1) is 0 Å². The summed E-state index contributed by atoms with van der Waals surface area (Å²) < 4.78 is 5.08. The van der Waals surface area contributed by atoms with E-state index in [9.17, 15) is 4.79 Å². The Morgan fingerprint density at radius 1 is 1.43 bits per heavy atom. The molecule has 0 fully saturated rings. The number of carbonyl (C=O) groups is 1. The Balaban J connectivity index is 2.78. The van der Waals surface area contributed by atoms with Crippen molar-refractivity contribution in [2.75, 3.05) is 5.88 Å². The summed E-state index contributed by atoms with van der Waals surface area (Å²) in [7, 11) is 0. The van der Waals surface area contributed by atoms with Gasteiger partial charge in [-0.15, -0.1) is 11.6 Å². The molecule has 0 spiro atoms. The molecule has 1 rings (SSSR count). The molecule has 1 aromatic rings. The van der Waals surface area contributed by atoms with Gasteiger partial charge in [0.25, 0.3) is 0 Å². The van der Waals surface area contributed by atoms with E-state index in [1.807, 2.05) is 18.2 Å². The summed E-state index contributed by atoms with van der Waals surface area (Å²) in [5, 5.41) is 0. The van der Waals surface area contributed by atoms with Crippen LogP contribution in [0.15, 0.2) is 24.3 Å². The summed E-state index contributed by atoms with van der Waals surface area (Å²) in [5.74, 6) is 0.107. The zero-order valence-electron chi connectivity index (χ0n) is 8.13. The number of esters is 1. The zero-order chi connectivity index (χ0) is 10.4. The molecule has 0 N–H and O–H groups in total. The minimum atomic E-state index is -0.407. The molecule has 0 atom stereocenters. The molecule has 2 nitrogen and oxygen atoms in total. The van der Waals surface area contributed by atoms with Gasteiger partial charge in [-0.25, -0.2) is 0 Å². The molecule has 0 bridgehead atoms. The largest absolute Gasteiger partial charge is 0.425 e. The van der Waals surface area contributed by atoms with E-state index >= 15 is 0 Å². The van der Waals surface area contributed by atoms with Crippen molar-refractivity contribution in [3.05, 3.63) is 29.8 Å². The van der Waals surface area contributed by atoms with Crippen LogP contribution in [0.1, 0.15) is 18.9 Å². The van der Waals surface area contributed by atoms with Crippen molar-refractivity contribution in [2.24, 2.45) is 0 Å². The standard InChI is InChI=1S/C11H13ClO2/c1-2-5-9-6-3-4-7-10(9)14-11(13)8-12/h3-4,6-7H,2,5,8H2,1H3. The molecule has 3 heteroatoms. The maximum atomic E-state index is 11.0. The molecule has 0 aromatic heterocycles. The first-order valence-corrected chi connectivity index (χ1v) is 5.16. The Morgan fingerprint density at radius 3 is 2.79 bits per heavy atom. The zero-order valence-corrected chi connectivity index (χ0v) is 8.88. The van der Waals surface area contributed by atoms with Gasteiger partial charge in [0.15, 0.2) is 0 Å². The highest BCUT2D eigenvalue weighted by Gasteiger charge is 2.06. The first-order valence-electron chi connectivity index (χ1n) is 4.62. The third-order valence-corrected chi connectivity index (χ3v) is 2.04. The smallest absolute Gasteiger partial charge is 0.326 e. The third-order valence-electron chi connectivity index (χ3n) is 1.82. The van der Waals surface area contributed by atoms with E-state index in [2.05, 4.69) is 6.92 Å². The number of halogens is 1. The number of benzene rings is 1. The first kappa shape index (κ1) is 11.1. The van der Waals surface area contributed by atoms with E-state index in [-0.39, 0.29) is 5.88 Å². The summed E-state index contributed by atoms with van der Waals surface area (Å²) in [5.41, 5.74) is 1.05. The molecule has 14 heavy (non-hydrogen) atoms. The van der Waals surface area contributed by atoms with Crippen molar-refractivity contribution in [2.45, 2.75) is 19.8 Å². The SMILES string of the molecule is CCCc1ccccc1OC(=O)CCl. The summed E-state index contributed by atoms with van der Waals surface area (Å²) in [6.45, 7) is 2.08. The number of rotatable bonds is 4. The van der Waals surface area contributed by atoms with E-state index in [0.29, 0.717) is 5.75 Å². The summed E-state index contributed by atoms with van der Waals surface area (Å²) >= 11 is 5.36. The lowest BCUT2D eigenvalue weighted by molar-refractivity contribution is -0.131. The Bertz CT molecular complexity index is 310. The maximum absolute atomic E-state index is 11.0. The predicted molar refractivity (Wildman–Crippen MR) is 56.8 cm³/mol. The highest BCUT2D eigenvalue weighted by molar-refractivity contribution is 6.26. The molecule has 76 valence electrons. The fourth-order valence-electron chi connectivity index (χ4n) is 1.23. The molecule has 1 aromatic carbocycles. The molecule has 0 saturated heterocycles. The average molecular weight is 213 g/mol. The van der Waals surface area contributed by atoms with Crippen LogP contribution in [0.5, 0.6) is 5.75 Å². The highest BCUT2D eigenvalue weighted by Crippen LogP contribution is 2.19. The van der Waals surface area contributed by atoms with Gasteiger partial charge in [0, 0.05) is 0 Å². The van der Waals surface area contributed by atoms with Crippen molar-refractivity contribution in [3.8, 4) is 5.75 Å². The summed E-state index contributed by atoms with van der Waals surface area (Å²) in [6, 6.07) is 7.52. The Morgan fingerprint density at radius 2 is 2.14 bits per heavy atom. The third kappa shape index (κ3) is 3.04. The summed E-state index contributed by atoms with van der Waals surface area (Å²) in [6.07, 6.45) is 1.93. The number of ether oxygens (including phenoxy) is 1. The number of aryl methyl sites for hydroxylation is 1. The van der Waals surface area contributed by atoms with Gasteiger partial charge in [-0.1, -0.05) is 31.5 Å². The quantitative estimate of drug-likeness (QED) is 0.436. The first-order chi connectivity index (χ1) is 6.77. The Kier molecular flexibility index (Phi) is 4.47. The maximum Gasteiger partial charge on any atom is 0.326 e. The second kappa shape index (κ2) is 5.66. The van der Waals surface area contributed by atoms with Crippen LogP contribution in [0.25, 0.3) is 0 Å². The average Bonchev–Trinajstić information content (AvgIpc) is 2.21. The van der Waals surface area contributed by atoms with Crippen molar-refractivity contribution < 1.29 is 9.53 Å². The lowest BCUT2D eigenvalue weighted by Gasteiger charge is -2.07. The molecule has 0 aliphatic heterocycles. The number of hydrogen-bond acceptors (Lipinski definition) is 2. The van der Waals surface area contributed by atoms with Crippen LogP contribution in [0.3, 0.4) is 0 Å². The van der Waals surface area contributed by atoms with Crippen molar-refractivity contribution >= 4 is 17.6 Å². The van der Waals surface area contributed by atoms with Gasteiger partial charge < -0.3 is 4.74 Å². The minimum absolute atomic E-state index is 0.111. The van der Waals surface area contributed by atoms with Crippen LogP contribution in [-0.2, 0) is 11.2 Å². The normalized spacial score (nSPS) is 9.86. The predicted octanol–water partition coefficient (Wildman–Crippen LogP) is 2.78. The van der Waals surface area contributed by atoms with Crippen LogP contribution in [0.4, 0.5) is 0 Å². The van der Waals surface area contributed by atoms with E-state index in [1.54, 1.807) is 6.07 Å². The van der Waals surface area contributed by atoms with E-state index in [0.717, 1.165) is 18.4 Å². The molecule has 0 aliphatic carbocycles. The monoisotopic (exact) mass is 212 g/mol. The minimum Gasteiger partial charge on any atom is -0.425 e. The molecule has 0 amide bonds. The molecular weight excluding hydrogens is 200 g/mol. The second-order valence-electron chi connectivity index (χ2n) is 2.97. The Labute approximate surface area is 88.8 Å². The molecule has 0 aliphatic rings. The van der Waals surface area contributed by atoms with Crippen LogP contribution >= 0.6 is 11.6 Å². The number of carbonyl (C=O) groups excluding carboxylic acids is 1. The highest BCUT2D eigenvalue weighted by atomic mass is 35.5. The van der Waals surface area contributed by atoms with E-state index < -0.39 is 5.97 Å². The van der Waals surface area contributed by atoms with Gasteiger partial charge >= 0.3 is 5.97 Å². The van der Waals surface area contributed by atoms with Gasteiger partial charge in [0.2, 0.25) is 0 Å². The topological polar surface area (TPSA) is 26.3 Å². The van der Waals surface area contributed by atoms with E-state index in [1.165, 1.54) is 0 Å². The van der Waals surface area contributed by atoms with Crippen molar-refractivity contribution in [1.82, 2.24) is 0 Å². The number of hydrogen-bond donors (Lipinski definition) is 0. The number of alkyl halides is 1. The van der Waals surface area contributed by atoms with Crippen LogP contribution < -0.4 is 4.74 Å². The van der Waals surface area contributed by atoms with Crippen molar-refractivity contribution in [3.63, 3.8) is 0 Å². The molecule has 0 unspecified atom stereocenters. The molecular formula is C11H13ClO2. The van der Waals surface area contributed by atoms with E-state index in [4.69, 9.17) is 16.3 Å². The van der Waals surface area contributed by atoms with Gasteiger partial charge in [-0.2, -0.15) is 0 Å². The van der Waals surface area contributed by atoms with Crippen LogP contribution in [-0.4, -0.2) is 11.8 Å². The summed E-state index contributed by atoms with van der Waals surface area (Å²) in [4.78, 5) is 11.0. The van der Waals surface area contributed by atoms with Gasteiger partial charge in [0.1, 0.15) is 11.6 Å². The van der Waals surface area contributed by atoms with Crippen LogP contribution in [0, 0.1) is 0 Å². The molecule has 0 radical (unpaired) electrons. The fraction of sp³-hybridized carbons (Fsp3) is 0.364. The van der Waals surface area contributed by atoms with Gasteiger partial charge in [-0.05, 0) is 18.1 Å². The molecule has 0 saturated carbocycles. The molecule has 0 heterocycles. The van der Waals surface area contributed by atoms with Crippen molar-refractivity contribution in [1.29, 1.82) is 0 Å². The Hall–Kier alpha value is -1.02.